The van der Waals surface area contributed by atoms with Crippen molar-refractivity contribution < 1.29 is 27.4 Å². The number of alkyl halides is 3. The van der Waals surface area contributed by atoms with Crippen LogP contribution in [-0.2, 0) is 0 Å². The van der Waals surface area contributed by atoms with Gasteiger partial charge in [-0.1, -0.05) is 37.6 Å². The van der Waals surface area contributed by atoms with E-state index >= 15 is 0 Å². The number of nitrogens with one attached hydrogen (secondary N) is 1. The lowest BCUT2D eigenvalue weighted by Gasteiger charge is -2.33. The molecule has 1 saturated heterocycles. The maximum Gasteiger partial charge on any atom is 0.389 e. The first-order valence-electron chi connectivity index (χ1n) is 11.0. The highest BCUT2D eigenvalue weighted by molar-refractivity contribution is 5.88. The average Bonchev–Trinajstić information content (AvgIpc) is 2.78. The van der Waals surface area contributed by atoms with E-state index in [4.69, 9.17) is 9.47 Å². The molecule has 1 aliphatic rings. The van der Waals surface area contributed by atoms with E-state index in [1.807, 2.05) is 18.2 Å². The number of urea groups is 1. The van der Waals surface area contributed by atoms with Crippen LogP contribution in [-0.4, -0.2) is 53.9 Å². The second-order valence-electron chi connectivity index (χ2n) is 8.50. The van der Waals surface area contributed by atoms with Gasteiger partial charge in [-0.2, -0.15) is 13.2 Å². The summed E-state index contributed by atoms with van der Waals surface area (Å²) in [5.41, 5.74) is 2.10. The van der Waals surface area contributed by atoms with Crippen LogP contribution in [0.15, 0.2) is 42.2 Å². The summed E-state index contributed by atoms with van der Waals surface area (Å²) in [5, 5.41) is 2.74. The van der Waals surface area contributed by atoms with Crippen LogP contribution in [0.2, 0.25) is 0 Å². The largest absolute Gasteiger partial charge is 0.493 e. The van der Waals surface area contributed by atoms with Gasteiger partial charge < -0.3 is 14.4 Å². The molecular weight excluding hydrogens is 449 g/mol. The highest BCUT2D eigenvalue weighted by atomic mass is 19.4. The molecule has 1 aromatic carbocycles. The second-order valence-corrected chi connectivity index (χ2v) is 8.50. The highest BCUT2D eigenvalue weighted by Crippen LogP contribution is 2.28. The molecule has 1 fully saturated rings. The van der Waals surface area contributed by atoms with Gasteiger partial charge in [-0.05, 0) is 36.0 Å². The van der Waals surface area contributed by atoms with Crippen LogP contribution in [0.5, 0.6) is 11.6 Å². The molecule has 1 aromatic heterocycles. The lowest BCUT2D eigenvalue weighted by molar-refractivity contribution is -0.145. The minimum absolute atomic E-state index is 0.00141. The third-order valence-corrected chi connectivity index (χ3v) is 5.48. The number of hydrogen-bond acceptors (Lipinski definition) is 5. The molecular formula is C24H29F3N4O3. The molecule has 2 heterocycles. The summed E-state index contributed by atoms with van der Waals surface area (Å²) in [7, 11) is 1.49. The number of amides is 2. The van der Waals surface area contributed by atoms with Crippen LogP contribution >= 0.6 is 0 Å². The molecule has 184 valence electrons. The predicted molar refractivity (Wildman–Crippen MR) is 123 cm³/mol. The fourth-order valence-electron chi connectivity index (χ4n) is 3.72. The smallest absolute Gasteiger partial charge is 0.389 e. The fraction of sp³-hybridized carbons (Fsp3) is 0.458. The van der Waals surface area contributed by atoms with Crippen molar-refractivity contribution in [2.75, 3.05) is 32.1 Å². The van der Waals surface area contributed by atoms with Gasteiger partial charge in [0.1, 0.15) is 5.75 Å². The van der Waals surface area contributed by atoms with Crippen LogP contribution < -0.4 is 14.8 Å². The summed E-state index contributed by atoms with van der Waals surface area (Å²) < 4.78 is 48.1. The van der Waals surface area contributed by atoms with Crippen LogP contribution in [0, 0.1) is 11.8 Å². The van der Waals surface area contributed by atoms with Crippen LogP contribution in [0.4, 0.5) is 23.8 Å². The van der Waals surface area contributed by atoms with Crippen LogP contribution in [0.3, 0.4) is 0 Å². The number of rotatable bonds is 7. The molecule has 0 radical (unpaired) electrons. The Bertz CT molecular complexity index is 996. The number of anilines is 1. The highest BCUT2D eigenvalue weighted by Gasteiger charge is 2.30. The molecule has 10 heteroatoms. The van der Waals surface area contributed by atoms with Crippen LogP contribution in [0.1, 0.15) is 32.3 Å². The molecule has 3 rings (SSSR count). The molecule has 0 aliphatic carbocycles. The standard InChI is InChI=1S/C24H29F3N4O3/c1-16(11-24(25,26)27)15-34-20-6-4-5-18(10-20)9-19-7-8-31(14-17(19)2)23(32)30-21-12-29-22(33-3)13-28-21/h4-6,9-10,12-13,16-17H,7-8,11,14-15H2,1-3H3,(H,28,30,32)/b19-9+. The van der Waals surface area contributed by atoms with E-state index in [9.17, 15) is 18.0 Å². The van der Waals surface area contributed by atoms with Gasteiger partial charge in [-0.25, -0.2) is 14.8 Å². The zero-order chi connectivity index (χ0) is 24.7. The van der Waals surface area contributed by atoms with Gasteiger partial charge in [0.25, 0.3) is 0 Å². The van der Waals surface area contributed by atoms with E-state index in [0.717, 1.165) is 5.56 Å². The van der Waals surface area contributed by atoms with Gasteiger partial charge in [0.2, 0.25) is 5.88 Å². The van der Waals surface area contributed by atoms with E-state index in [1.165, 1.54) is 32.0 Å². The minimum atomic E-state index is -4.20. The van der Waals surface area contributed by atoms with Crippen molar-refractivity contribution in [1.82, 2.24) is 14.9 Å². The van der Waals surface area contributed by atoms with E-state index in [-0.39, 0.29) is 18.6 Å². The number of carbonyl (C=O) groups is 1. The van der Waals surface area contributed by atoms with Gasteiger partial charge in [-0.15, -0.1) is 0 Å². The Balaban J connectivity index is 1.55. The molecule has 34 heavy (non-hydrogen) atoms. The Morgan fingerprint density at radius 1 is 1.32 bits per heavy atom. The zero-order valence-electron chi connectivity index (χ0n) is 19.4. The maximum absolute atomic E-state index is 12.6. The summed E-state index contributed by atoms with van der Waals surface area (Å²) in [6.07, 6.45) is 0.568. The Labute approximate surface area is 197 Å². The number of nitrogens with zero attached hydrogens (tertiary/aromatic N) is 3. The zero-order valence-corrected chi connectivity index (χ0v) is 19.4. The van der Waals surface area contributed by atoms with E-state index in [0.29, 0.717) is 37.0 Å². The van der Waals surface area contributed by atoms with Crippen LogP contribution in [0.25, 0.3) is 6.08 Å². The van der Waals surface area contributed by atoms with Crippen molar-refractivity contribution in [3.05, 3.63) is 47.8 Å². The van der Waals surface area contributed by atoms with Crippen molar-refractivity contribution in [3.63, 3.8) is 0 Å². The van der Waals surface area contributed by atoms with E-state index in [1.54, 1.807) is 11.0 Å². The number of benzene rings is 1. The molecule has 0 spiro atoms. The van der Waals surface area contributed by atoms with Crippen molar-refractivity contribution in [2.45, 2.75) is 32.9 Å². The minimum Gasteiger partial charge on any atom is -0.493 e. The third-order valence-electron chi connectivity index (χ3n) is 5.48. The number of methoxy groups -OCH3 is 1. The molecule has 2 atom stereocenters. The molecule has 1 aliphatic heterocycles. The van der Waals surface area contributed by atoms with Crippen molar-refractivity contribution >= 4 is 17.9 Å². The first-order chi connectivity index (χ1) is 16.1. The molecule has 0 saturated carbocycles. The number of carbonyl (C=O) groups excluding carboxylic acids is 1. The monoisotopic (exact) mass is 478 g/mol. The summed E-state index contributed by atoms with van der Waals surface area (Å²) in [5.74, 6) is 0.762. The lowest BCUT2D eigenvalue weighted by Crippen LogP contribution is -2.42. The van der Waals surface area contributed by atoms with Gasteiger partial charge >= 0.3 is 12.2 Å². The molecule has 1 N–H and O–H groups in total. The van der Waals surface area contributed by atoms with Gasteiger partial charge in [-0.3, -0.25) is 5.32 Å². The second kappa shape index (κ2) is 11.2. The third kappa shape index (κ3) is 7.64. The summed E-state index contributed by atoms with van der Waals surface area (Å²) >= 11 is 0. The van der Waals surface area contributed by atoms with Gasteiger partial charge in [0, 0.05) is 19.5 Å². The van der Waals surface area contributed by atoms with Gasteiger partial charge in [0.15, 0.2) is 5.82 Å². The Morgan fingerprint density at radius 3 is 2.76 bits per heavy atom. The normalized spacial score (nSPS) is 18.5. The summed E-state index contributed by atoms with van der Waals surface area (Å²) in [4.78, 5) is 22.5. The summed E-state index contributed by atoms with van der Waals surface area (Å²) in [6.45, 7) is 4.67. The lowest BCUT2D eigenvalue weighted by atomic mass is 9.91. The van der Waals surface area contributed by atoms with Crippen molar-refractivity contribution in [3.8, 4) is 11.6 Å². The fourth-order valence-corrected chi connectivity index (χ4v) is 3.72. The maximum atomic E-state index is 12.6. The topological polar surface area (TPSA) is 76.6 Å². The number of ether oxygens (including phenoxy) is 2. The summed E-state index contributed by atoms with van der Waals surface area (Å²) in [6, 6.07) is 7.06. The number of hydrogen-bond donors (Lipinski definition) is 1. The number of aromatic nitrogens is 2. The SMILES string of the molecule is COc1cnc(NC(=O)N2CC/C(=C\c3cccc(OCC(C)CC(F)(F)F)c3)C(C)C2)cn1. The van der Waals surface area contributed by atoms with E-state index < -0.39 is 18.5 Å². The Kier molecular flexibility index (Phi) is 8.36. The molecule has 2 amide bonds. The first kappa shape index (κ1) is 25.3. The molecule has 7 nitrogen and oxygen atoms in total. The molecule has 0 bridgehead atoms. The van der Waals surface area contributed by atoms with E-state index in [2.05, 4.69) is 28.3 Å². The first-order valence-corrected chi connectivity index (χ1v) is 11.0. The Hall–Kier alpha value is -3.30. The van der Waals surface area contributed by atoms with Gasteiger partial charge in [0.05, 0.1) is 26.1 Å². The predicted octanol–water partition coefficient (Wildman–Crippen LogP) is 5.41. The average molecular weight is 479 g/mol. The Morgan fingerprint density at radius 2 is 2.12 bits per heavy atom. The van der Waals surface area contributed by atoms with Crippen molar-refractivity contribution in [2.24, 2.45) is 11.8 Å². The number of halogens is 3. The number of piperidine rings is 1. The molecule has 2 unspecified atom stereocenters. The quantitative estimate of drug-likeness (QED) is 0.576. The molecule has 2 aromatic rings. The number of likely N-dealkylation sites (tertiary alicyclic amines) is 1. The van der Waals surface area contributed by atoms with Crippen molar-refractivity contribution in [1.29, 1.82) is 0 Å².